The van der Waals surface area contributed by atoms with Gasteiger partial charge in [0.2, 0.25) is 0 Å². The van der Waals surface area contributed by atoms with E-state index in [4.69, 9.17) is 16.3 Å². The molecule has 0 saturated heterocycles. The first-order valence-electron chi connectivity index (χ1n) is 7.19. The lowest BCUT2D eigenvalue weighted by molar-refractivity contribution is 0.0996. The first kappa shape index (κ1) is 14.7. The molecule has 2 nitrogen and oxygen atoms in total. The molecule has 1 aliphatic carbocycles. The van der Waals surface area contributed by atoms with Gasteiger partial charge in [-0.2, -0.15) is 0 Å². The monoisotopic (exact) mass is 281 g/mol. The molecule has 0 aromatic heterocycles. The van der Waals surface area contributed by atoms with Gasteiger partial charge in [-0.15, -0.1) is 0 Å². The molecule has 1 saturated carbocycles. The molecule has 0 heterocycles. The van der Waals surface area contributed by atoms with Crippen LogP contribution >= 0.6 is 11.6 Å². The predicted molar refractivity (Wildman–Crippen MR) is 80.8 cm³/mol. The largest absolute Gasteiger partial charge is 0.490 e. The number of halogens is 1. The number of hydrogen-bond acceptors (Lipinski definition) is 2. The van der Waals surface area contributed by atoms with E-state index in [-0.39, 0.29) is 0 Å². The van der Waals surface area contributed by atoms with Gasteiger partial charge in [0, 0.05) is 17.1 Å². The number of hydrogen-bond donors (Lipinski definition) is 1. The van der Waals surface area contributed by atoms with E-state index in [2.05, 4.69) is 19.2 Å². The van der Waals surface area contributed by atoms with E-state index in [0.29, 0.717) is 6.10 Å². The van der Waals surface area contributed by atoms with Crippen molar-refractivity contribution in [1.29, 1.82) is 0 Å². The first-order valence-corrected chi connectivity index (χ1v) is 7.57. The minimum absolute atomic E-state index is 0.350. The highest BCUT2D eigenvalue weighted by Crippen LogP contribution is 2.33. The smallest absolute Gasteiger partial charge is 0.124 e. The SMILES string of the molecule is CNCc1cc(Cl)ccc1OC1CCC(C)C(C)C1. The minimum atomic E-state index is 0.350. The lowest BCUT2D eigenvalue weighted by Crippen LogP contribution is -2.29. The van der Waals surface area contributed by atoms with Crippen LogP contribution in [-0.4, -0.2) is 13.2 Å². The summed E-state index contributed by atoms with van der Waals surface area (Å²) in [4.78, 5) is 0. The Morgan fingerprint density at radius 1 is 1.26 bits per heavy atom. The van der Waals surface area contributed by atoms with Gasteiger partial charge in [-0.05, 0) is 56.3 Å². The topological polar surface area (TPSA) is 21.3 Å². The van der Waals surface area contributed by atoms with Crippen LogP contribution in [0.3, 0.4) is 0 Å². The molecule has 0 radical (unpaired) electrons. The number of rotatable bonds is 4. The van der Waals surface area contributed by atoms with Gasteiger partial charge in [-0.25, -0.2) is 0 Å². The van der Waals surface area contributed by atoms with Crippen LogP contribution in [0.5, 0.6) is 5.75 Å². The molecule has 19 heavy (non-hydrogen) atoms. The van der Waals surface area contributed by atoms with Gasteiger partial charge in [-0.1, -0.05) is 25.4 Å². The van der Waals surface area contributed by atoms with Crippen molar-refractivity contribution in [2.24, 2.45) is 11.8 Å². The third-order valence-corrected chi connectivity index (χ3v) is 4.47. The predicted octanol–water partition coefficient (Wildman–Crippen LogP) is 4.26. The summed E-state index contributed by atoms with van der Waals surface area (Å²) in [7, 11) is 1.94. The van der Waals surface area contributed by atoms with E-state index in [1.807, 2.05) is 25.2 Å². The zero-order valence-corrected chi connectivity index (χ0v) is 12.8. The van der Waals surface area contributed by atoms with E-state index in [0.717, 1.165) is 47.6 Å². The van der Waals surface area contributed by atoms with Crippen molar-refractivity contribution in [1.82, 2.24) is 5.32 Å². The van der Waals surface area contributed by atoms with Crippen LogP contribution in [0.15, 0.2) is 18.2 Å². The number of ether oxygens (including phenoxy) is 1. The van der Waals surface area contributed by atoms with Crippen molar-refractivity contribution < 1.29 is 4.74 Å². The highest BCUT2D eigenvalue weighted by molar-refractivity contribution is 6.30. The van der Waals surface area contributed by atoms with E-state index in [1.165, 1.54) is 6.42 Å². The number of benzene rings is 1. The average Bonchev–Trinajstić information content (AvgIpc) is 2.37. The van der Waals surface area contributed by atoms with Crippen LogP contribution in [0.4, 0.5) is 0 Å². The molecule has 1 aliphatic rings. The van der Waals surface area contributed by atoms with Crippen molar-refractivity contribution in [3.05, 3.63) is 28.8 Å². The van der Waals surface area contributed by atoms with Gasteiger partial charge in [0.1, 0.15) is 5.75 Å². The number of nitrogens with one attached hydrogen (secondary N) is 1. The molecule has 0 bridgehead atoms. The Hall–Kier alpha value is -0.730. The molecule has 0 aliphatic heterocycles. The minimum Gasteiger partial charge on any atom is -0.490 e. The summed E-state index contributed by atoms with van der Waals surface area (Å²) >= 11 is 6.05. The third kappa shape index (κ3) is 3.87. The molecule has 3 atom stereocenters. The molecule has 1 fully saturated rings. The Kier molecular flexibility index (Phi) is 5.12. The molecule has 3 unspecified atom stereocenters. The summed E-state index contributed by atoms with van der Waals surface area (Å²) in [6.45, 7) is 5.46. The quantitative estimate of drug-likeness (QED) is 0.890. The molecule has 106 valence electrons. The third-order valence-electron chi connectivity index (χ3n) is 4.23. The summed E-state index contributed by atoms with van der Waals surface area (Å²) in [6.07, 6.45) is 3.93. The molecule has 2 rings (SSSR count). The standard InChI is InChI=1S/C16H24ClNO/c1-11-4-6-15(8-12(11)2)19-16-7-5-14(17)9-13(16)10-18-3/h5,7,9,11-12,15,18H,4,6,8,10H2,1-3H3. The van der Waals surface area contributed by atoms with E-state index < -0.39 is 0 Å². The van der Waals surface area contributed by atoms with Crippen molar-refractivity contribution >= 4 is 11.6 Å². The highest BCUT2D eigenvalue weighted by Gasteiger charge is 2.26. The summed E-state index contributed by atoms with van der Waals surface area (Å²) in [5.41, 5.74) is 1.14. The first-order chi connectivity index (χ1) is 9.10. The summed E-state index contributed by atoms with van der Waals surface area (Å²) in [5.74, 6) is 2.55. The Labute approximate surface area is 121 Å². The van der Waals surface area contributed by atoms with Crippen molar-refractivity contribution in [2.75, 3.05) is 7.05 Å². The van der Waals surface area contributed by atoms with Crippen LogP contribution in [0.2, 0.25) is 5.02 Å². The van der Waals surface area contributed by atoms with E-state index in [1.54, 1.807) is 0 Å². The Morgan fingerprint density at radius 3 is 2.74 bits per heavy atom. The maximum atomic E-state index is 6.21. The fourth-order valence-corrected chi connectivity index (χ4v) is 2.97. The summed E-state index contributed by atoms with van der Waals surface area (Å²) in [6, 6.07) is 5.89. The van der Waals surface area contributed by atoms with E-state index in [9.17, 15) is 0 Å². The highest BCUT2D eigenvalue weighted by atomic mass is 35.5. The lowest BCUT2D eigenvalue weighted by Gasteiger charge is -2.32. The van der Waals surface area contributed by atoms with Crippen molar-refractivity contribution in [3.8, 4) is 5.75 Å². The van der Waals surface area contributed by atoms with Crippen LogP contribution in [-0.2, 0) is 6.54 Å². The van der Waals surface area contributed by atoms with E-state index >= 15 is 0 Å². The second-order valence-electron chi connectivity index (χ2n) is 5.79. The second kappa shape index (κ2) is 6.62. The van der Waals surface area contributed by atoms with Crippen LogP contribution in [0, 0.1) is 11.8 Å². The van der Waals surface area contributed by atoms with Crippen LogP contribution < -0.4 is 10.1 Å². The zero-order valence-electron chi connectivity index (χ0n) is 12.1. The van der Waals surface area contributed by atoms with Crippen molar-refractivity contribution in [2.45, 2.75) is 45.8 Å². The fraction of sp³-hybridized carbons (Fsp3) is 0.625. The Balaban J connectivity index is 2.06. The molecular weight excluding hydrogens is 258 g/mol. The lowest BCUT2D eigenvalue weighted by atomic mass is 9.80. The summed E-state index contributed by atoms with van der Waals surface area (Å²) in [5, 5.41) is 3.93. The Morgan fingerprint density at radius 2 is 2.05 bits per heavy atom. The van der Waals surface area contributed by atoms with Gasteiger partial charge < -0.3 is 10.1 Å². The molecule has 0 amide bonds. The van der Waals surface area contributed by atoms with Gasteiger partial charge in [0.05, 0.1) is 6.10 Å². The van der Waals surface area contributed by atoms with Gasteiger partial charge in [0.25, 0.3) is 0 Å². The Bertz CT molecular complexity index is 421. The van der Waals surface area contributed by atoms with Crippen LogP contribution in [0.1, 0.15) is 38.7 Å². The maximum Gasteiger partial charge on any atom is 0.124 e. The molecule has 1 aromatic carbocycles. The molecule has 3 heteroatoms. The zero-order chi connectivity index (χ0) is 13.8. The van der Waals surface area contributed by atoms with Crippen LogP contribution in [0.25, 0.3) is 0 Å². The maximum absolute atomic E-state index is 6.21. The average molecular weight is 282 g/mol. The molecule has 1 aromatic rings. The molecule has 1 N–H and O–H groups in total. The normalized spacial score (nSPS) is 27.3. The van der Waals surface area contributed by atoms with Gasteiger partial charge >= 0.3 is 0 Å². The van der Waals surface area contributed by atoms with Crippen molar-refractivity contribution in [3.63, 3.8) is 0 Å². The fourth-order valence-electron chi connectivity index (χ4n) is 2.78. The van der Waals surface area contributed by atoms with Gasteiger partial charge in [-0.3, -0.25) is 0 Å². The molecule has 0 spiro atoms. The summed E-state index contributed by atoms with van der Waals surface area (Å²) < 4.78 is 6.21. The molecular formula is C16H24ClNO. The van der Waals surface area contributed by atoms with Gasteiger partial charge in [0.15, 0.2) is 0 Å². The second-order valence-corrected chi connectivity index (χ2v) is 6.23.